The van der Waals surface area contributed by atoms with Crippen LogP contribution in [0.2, 0.25) is 0 Å². The van der Waals surface area contributed by atoms with Crippen LogP contribution in [0.1, 0.15) is 48.7 Å². The van der Waals surface area contributed by atoms with Crippen molar-refractivity contribution >= 4 is 11.9 Å². The van der Waals surface area contributed by atoms with E-state index in [1.165, 1.54) is 7.11 Å². The Morgan fingerprint density at radius 3 is 2.58 bits per heavy atom. The second-order valence-electron chi connectivity index (χ2n) is 7.20. The summed E-state index contributed by atoms with van der Waals surface area (Å²) < 4.78 is 16.1. The van der Waals surface area contributed by atoms with Gasteiger partial charge in [-0.15, -0.1) is 0 Å². The van der Waals surface area contributed by atoms with Crippen molar-refractivity contribution < 1.29 is 23.8 Å². The molecule has 1 amide bonds. The number of benzene rings is 1. The summed E-state index contributed by atoms with van der Waals surface area (Å²) in [6.07, 6.45) is 1.55. The zero-order valence-corrected chi connectivity index (χ0v) is 15.7. The fourth-order valence-corrected chi connectivity index (χ4v) is 3.85. The van der Waals surface area contributed by atoms with Gasteiger partial charge in [-0.05, 0) is 30.9 Å². The number of hydrogen-bond acceptors (Lipinski definition) is 5. The van der Waals surface area contributed by atoms with E-state index in [1.807, 2.05) is 11.0 Å². The van der Waals surface area contributed by atoms with Crippen molar-refractivity contribution in [2.75, 3.05) is 33.5 Å². The van der Waals surface area contributed by atoms with Crippen LogP contribution in [0.15, 0.2) is 18.2 Å². The van der Waals surface area contributed by atoms with Gasteiger partial charge in [0.15, 0.2) is 0 Å². The van der Waals surface area contributed by atoms with Gasteiger partial charge in [-0.1, -0.05) is 19.9 Å². The Hall–Kier alpha value is -2.08. The van der Waals surface area contributed by atoms with E-state index < -0.39 is 5.97 Å². The van der Waals surface area contributed by atoms with E-state index in [1.54, 1.807) is 12.1 Å². The van der Waals surface area contributed by atoms with Crippen LogP contribution in [0, 0.1) is 11.8 Å². The Balaban J connectivity index is 1.93. The van der Waals surface area contributed by atoms with E-state index in [4.69, 9.17) is 14.2 Å². The van der Waals surface area contributed by atoms with Crippen LogP contribution in [0.4, 0.5) is 0 Å². The minimum Gasteiger partial charge on any atom is -0.491 e. The zero-order chi connectivity index (χ0) is 18.7. The second-order valence-corrected chi connectivity index (χ2v) is 7.20. The molecule has 0 spiro atoms. The molecule has 0 saturated carbocycles. The summed E-state index contributed by atoms with van der Waals surface area (Å²) in [5.41, 5.74) is 1.41. The highest BCUT2D eigenvalue weighted by atomic mass is 16.5. The molecule has 0 bridgehead atoms. The molecular weight excluding hydrogens is 334 g/mol. The van der Waals surface area contributed by atoms with Crippen molar-refractivity contribution in [3.8, 4) is 5.75 Å². The number of fused-ring (bicyclic) bond motifs is 1. The Bertz CT molecular complexity index is 666. The van der Waals surface area contributed by atoms with Gasteiger partial charge in [0.25, 0.3) is 0 Å². The molecule has 1 unspecified atom stereocenters. The molecule has 6 nitrogen and oxygen atoms in total. The first-order valence-corrected chi connectivity index (χ1v) is 9.26. The van der Waals surface area contributed by atoms with Crippen molar-refractivity contribution in [2.45, 2.75) is 32.7 Å². The molecule has 2 aliphatic heterocycles. The molecule has 0 radical (unpaired) electrons. The summed E-state index contributed by atoms with van der Waals surface area (Å²) in [6, 6.07) is 5.28. The topological polar surface area (TPSA) is 65.1 Å². The fourth-order valence-electron chi connectivity index (χ4n) is 3.85. The lowest BCUT2D eigenvalue weighted by molar-refractivity contribution is -0.142. The van der Waals surface area contributed by atoms with E-state index in [9.17, 15) is 9.59 Å². The normalized spacial score (nSPS) is 20.9. The second kappa shape index (κ2) is 8.08. The van der Waals surface area contributed by atoms with Crippen molar-refractivity contribution in [1.82, 2.24) is 4.90 Å². The summed E-state index contributed by atoms with van der Waals surface area (Å²) in [5, 5.41) is 0. The highest BCUT2D eigenvalue weighted by molar-refractivity contribution is 5.90. The van der Waals surface area contributed by atoms with E-state index in [0.29, 0.717) is 37.7 Å². The molecule has 0 N–H and O–H groups in total. The predicted molar refractivity (Wildman–Crippen MR) is 96.1 cm³/mol. The van der Waals surface area contributed by atoms with Gasteiger partial charge in [-0.25, -0.2) is 4.79 Å². The van der Waals surface area contributed by atoms with Crippen LogP contribution < -0.4 is 4.74 Å². The summed E-state index contributed by atoms with van der Waals surface area (Å²) >= 11 is 0. The minimum atomic E-state index is -0.392. The Morgan fingerprint density at radius 1 is 1.19 bits per heavy atom. The number of rotatable bonds is 3. The molecule has 1 atom stereocenters. The van der Waals surface area contributed by atoms with Crippen LogP contribution in [-0.4, -0.2) is 50.3 Å². The molecule has 0 aliphatic carbocycles. The number of esters is 1. The molecule has 6 heteroatoms. The smallest absolute Gasteiger partial charge is 0.337 e. The van der Waals surface area contributed by atoms with Crippen molar-refractivity contribution in [3.63, 3.8) is 0 Å². The van der Waals surface area contributed by atoms with Gasteiger partial charge >= 0.3 is 5.97 Å². The maximum Gasteiger partial charge on any atom is 0.337 e. The van der Waals surface area contributed by atoms with Gasteiger partial charge in [-0.2, -0.15) is 0 Å². The molecule has 1 aromatic carbocycles. The molecule has 3 rings (SSSR count). The molecule has 1 aromatic rings. The average Bonchev–Trinajstić information content (AvgIpc) is 2.86. The SMILES string of the molecule is COC(=O)c1ccc2c(c1)OCCN(C(=O)C1CCOCC1)C2C(C)C. The number of hydrogen-bond donors (Lipinski definition) is 0. The Kier molecular flexibility index (Phi) is 5.81. The predicted octanol–water partition coefficient (Wildman–Crippen LogP) is 2.82. The summed E-state index contributed by atoms with van der Waals surface area (Å²) in [5.74, 6) is 0.690. The number of ether oxygens (including phenoxy) is 3. The molecular formula is C20H27NO5. The molecule has 1 fully saturated rings. The lowest BCUT2D eigenvalue weighted by Crippen LogP contribution is -2.43. The van der Waals surface area contributed by atoms with Gasteiger partial charge in [0.1, 0.15) is 12.4 Å². The van der Waals surface area contributed by atoms with Gasteiger partial charge in [-0.3, -0.25) is 4.79 Å². The molecule has 2 aliphatic rings. The third-order valence-corrected chi connectivity index (χ3v) is 5.16. The van der Waals surface area contributed by atoms with Crippen LogP contribution in [0.3, 0.4) is 0 Å². The molecule has 142 valence electrons. The van der Waals surface area contributed by atoms with Gasteiger partial charge in [0, 0.05) is 24.7 Å². The van der Waals surface area contributed by atoms with Gasteiger partial charge < -0.3 is 19.1 Å². The lowest BCUT2D eigenvalue weighted by Gasteiger charge is -2.36. The first-order chi connectivity index (χ1) is 12.5. The van der Waals surface area contributed by atoms with Crippen LogP contribution >= 0.6 is 0 Å². The molecule has 1 saturated heterocycles. The largest absolute Gasteiger partial charge is 0.491 e. The number of methoxy groups -OCH3 is 1. The zero-order valence-electron chi connectivity index (χ0n) is 15.7. The number of carbonyl (C=O) groups is 2. The maximum atomic E-state index is 13.2. The van der Waals surface area contributed by atoms with Crippen LogP contribution in [0.5, 0.6) is 5.75 Å². The van der Waals surface area contributed by atoms with Crippen LogP contribution in [-0.2, 0) is 14.3 Å². The summed E-state index contributed by atoms with van der Waals surface area (Å²) in [7, 11) is 1.36. The summed E-state index contributed by atoms with van der Waals surface area (Å²) in [4.78, 5) is 27.0. The van der Waals surface area contributed by atoms with E-state index in [0.717, 1.165) is 18.4 Å². The van der Waals surface area contributed by atoms with Crippen LogP contribution in [0.25, 0.3) is 0 Å². The highest BCUT2D eigenvalue weighted by Gasteiger charge is 2.36. The lowest BCUT2D eigenvalue weighted by atomic mass is 9.90. The minimum absolute atomic E-state index is 0.0147. The van der Waals surface area contributed by atoms with E-state index in [2.05, 4.69) is 13.8 Å². The van der Waals surface area contributed by atoms with Crippen molar-refractivity contribution in [3.05, 3.63) is 29.3 Å². The first-order valence-electron chi connectivity index (χ1n) is 9.26. The van der Waals surface area contributed by atoms with Gasteiger partial charge in [0.2, 0.25) is 5.91 Å². The quantitative estimate of drug-likeness (QED) is 0.775. The first kappa shape index (κ1) is 18.7. The maximum absolute atomic E-state index is 13.2. The Morgan fingerprint density at radius 2 is 1.92 bits per heavy atom. The third kappa shape index (κ3) is 3.70. The van der Waals surface area contributed by atoms with Crippen molar-refractivity contribution in [1.29, 1.82) is 0 Å². The fraction of sp³-hybridized carbons (Fsp3) is 0.600. The van der Waals surface area contributed by atoms with E-state index >= 15 is 0 Å². The molecule has 0 aromatic heterocycles. The number of amides is 1. The highest BCUT2D eigenvalue weighted by Crippen LogP contribution is 2.38. The number of carbonyl (C=O) groups excluding carboxylic acids is 2. The number of nitrogens with zero attached hydrogens (tertiary/aromatic N) is 1. The standard InChI is InChI=1S/C20H27NO5/c1-13(2)18-16-5-4-15(20(23)24-3)12-17(16)26-11-8-21(18)19(22)14-6-9-25-10-7-14/h4-5,12-14,18H,6-11H2,1-3H3. The van der Waals surface area contributed by atoms with Gasteiger partial charge in [0.05, 0.1) is 25.3 Å². The third-order valence-electron chi connectivity index (χ3n) is 5.16. The van der Waals surface area contributed by atoms with Crippen molar-refractivity contribution in [2.24, 2.45) is 11.8 Å². The molecule has 26 heavy (non-hydrogen) atoms. The average molecular weight is 361 g/mol. The Labute approximate surface area is 154 Å². The molecule has 2 heterocycles. The monoisotopic (exact) mass is 361 g/mol. The summed E-state index contributed by atoms with van der Waals surface area (Å²) in [6.45, 7) is 6.46. The van der Waals surface area contributed by atoms with E-state index in [-0.39, 0.29) is 23.8 Å².